The first-order chi connectivity index (χ1) is 15.6. The van der Waals surface area contributed by atoms with Gasteiger partial charge in [-0.05, 0) is 55.8 Å². The number of aromatic nitrogens is 1. The summed E-state index contributed by atoms with van der Waals surface area (Å²) < 4.78 is 11.3. The lowest BCUT2D eigenvalue weighted by molar-refractivity contribution is 0.0378. The van der Waals surface area contributed by atoms with E-state index >= 15 is 0 Å². The van der Waals surface area contributed by atoms with Gasteiger partial charge in [-0.1, -0.05) is 30.3 Å². The van der Waals surface area contributed by atoms with Crippen LogP contribution in [0.25, 0.3) is 0 Å². The average molecular weight is 432 g/mol. The Balaban J connectivity index is 1.32. The van der Waals surface area contributed by atoms with Crippen LogP contribution in [0.5, 0.6) is 11.5 Å². The molecular formula is C26H29N3O3. The minimum Gasteiger partial charge on any atom is -0.459 e. The Hall–Kier alpha value is -3.38. The van der Waals surface area contributed by atoms with Gasteiger partial charge < -0.3 is 14.4 Å². The van der Waals surface area contributed by atoms with Crippen molar-refractivity contribution in [2.24, 2.45) is 0 Å². The largest absolute Gasteiger partial charge is 0.459 e. The zero-order chi connectivity index (χ0) is 22.3. The number of piperazine rings is 1. The minimum absolute atomic E-state index is 0.156. The van der Waals surface area contributed by atoms with Gasteiger partial charge >= 0.3 is 5.97 Å². The molecule has 1 saturated heterocycles. The molecule has 1 aliphatic rings. The smallest absolute Gasteiger partial charge is 0.342 e. The van der Waals surface area contributed by atoms with Crippen LogP contribution in [0.2, 0.25) is 0 Å². The first-order valence-electron chi connectivity index (χ1n) is 11.0. The van der Waals surface area contributed by atoms with E-state index in [4.69, 9.17) is 9.47 Å². The Morgan fingerprint density at radius 3 is 2.28 bits per heavy atom. The molecule has 1 aromatic heterocycles. The van der Waals surface area contributed by atoms with Crippen molar-refractivity contribution in [2.45, 2.75) is 26.5 Å². The van der Waals surface area contributed by atoms with E-state index in [1.807, 2.05) is 56.3 Å². The molecule has 2 aromatic carbocycles. The van der Waals surface area contributed by atoms with E-state index in [1.165, 1.54) is 5.56 Å². The van der Waals surface area contributed by atoms with E-state index in [1.54, 1.807) is 18.3 Å². The number of hydrogen-bond donors (Lipinski definition) is 0. The highest BCUT2D eigenvalue weighted by molar-refractivity contribution is 5.94. The highest BCUT2D eigenvalue weighted by Gasteiger charge is 2.23. The molecule has 0 aliphatic carbocycles. The van der Waals surface area contributed by atoms with Gasteiger partial charge in [-0.3, -0.25) is 4.90 Å². The first-order valence-corrected chi connectivity index (χ1v) is 11.0. The van der Waals surface area contributed by atoms with Crippen molar-refractivity contribution in [3.8, 4) is 11.5 Å². The van der Waals surface area contributed by atoms with Gasteiger partial charge in [0.25, 0.3) is 0 Å². The number of para-hydroxylation sites is 1. The topological polar surface area (TPSA) is 54.9 Å². The number of pyridine rings is 1. The molecule has 0 atom stereocenters. The summed E-state index contributed by atoms with van der Waals surface area (Å²) in [6.07, 6.45) is 1.57. The van der Waals surface area contributed by atoms with Crippen molar-refractivity contribution in [3.63, 3.8) is 0 Å². The lowest BCUT2D eigenvalue weighted by Gasteiger charge is -2.36. The molecule has 0 unspecified atom stereocenters. The number of esters is 1. The van der Waals surface area contributed by atoms with Crippen molar-refractivity contribution in [1.29, 1.82) is 0 Å². The third-order valence-electron chi connectivity index (χ3n) is 5.33. The summed E-state index contributed by atoms with van der Waals surface area (Å²) in [5.41, 5.74) is 1.78. The SMILES string of the molecule is CC(C)OC(=O)c1cccnc1N1CCN(Cc2ccc(Oc3ccccc3)cc2)CC1. The summed E-state index contributed by atoms with van der Waals surface area (Å²) in [5, 5.41) is 0. The minimum atomic E-state index is -0.316. The van der Waals surface area contributed by atoms with Crippen LogP contribution >= 0.6 is 0 Å². The number of carbonyl (C=O) groups is 1. The van der Waals surface area contributed by atoms with Gasteiger partial charge in [-0.2, -0.15) is 0 Å². The van der Waals surface area contributed by atoms with Gasteiger partial charge in [0.05, 0.1) is 6.10 Å². The zero-order valence-electron chi connectivity index (χ0n) is 18.6. The molecule has 4 rings (SSSR count). The molecule has 32 heavy (non-hydrogen) atoms. The fraction of sp³-hybridized carbons (Fsp3) is 0.308. The molecule has 6 nitrogen and oxygen atoms in total. The summed E-state index contributed by atoms with van der Waals surface area (Å²) in [5.74, 6) is 2.06. The average Bonchev–Trinajstić information content (AvgIpc) is 2.81. The van der Waals surface area contributed by atoms with Crippen molar-refractivity contribution >= 4 is 11.8 Å². The summed E-state index contributed by atoms with van der Waals surface area (Å²) >= 11 is 0. The monoisotopic (exact) mass is 431 g/mol. The predicted octanol–water partition coefficient (Wildman–Crippen LogP) is 4.76. The molecule has 2 heterocycles. The first kappa shape index (κ1) is 21.8. The Morgan fingerprint density at radius 1 is 0.906 bits per heavy atom. The number of hydrogen-bond acceptors (Lipinski definition) is 6. The van der Waals surface area contributed by atoms with Gasteiger partial charge in [-0.15, -0.1) is 0 Å². The van der Waals surface area contributed by atoms with E-state index in [0.29, 0.717) is 11.4 Å². The summed E-state index contributed by atoms with van der Waals surface area (Å²) in [6, 6.07) is 21.6. The molecule has 166 valence electrons. The third kappa shape index (κ3) is 5.65. The maximum Gasteiger partial charge on any atom is 0.342 e. The van der Waals surface area contributed by atoms with Crippen LogP contribution in [0.3, 0.4) is 0 Å². The molecule has 0 bridgehead atoms. The van der Waals surface area contributed by atoms with Crippen LogP contribution in [0.1, 0.15) is 29.8 Å². The molecule has 0 radical (unpaired) electrons. The van der Waals surface area contributed by atoms with Crippen LogP contribution in [0.15, 0.2) is 72.9 Å². The van der Waals surface area contributed by atoms with Crippen molar-refractivity contribution < 1.29 is 14.3 Å². The standard InChI is InChI=1S/C26H29N3O3/c1-20(2)31-26(30)24-9-6-14-27-25(24)29-17-15-28(16-18-29)19-21-10-12-23(13-11-21)32-22-7-4-3-5-8-22/h3-14,20H,15-19H2,1-2H3. The van der Waals surface area contributed by atoms with E-state index in [2.05, 4.69) is 26.9 Å². The van der Waals surface area contributed by atoms with Gasteiger partial charge in [-0.25, -0.2) is 9.78 Å². The fourth-order valence-electron chi connectivity index (χ4n) is 3.75. The summed E-state index contributed by atoms with van der Waals surface area (Å²) in [4.78, 5) is 21.5. The Morgan fingerprint density at radius 2 is 1.59 bits per heavy atom. The Bertz CT molecular complexity index is 1010. The maximum absolute atomic E-state index is 12.5. The van der Waals surface area contributed by atoms with Gasteiger partial charge in [0, 0.05) is 38.9 Å². The van der Waals surface area contributed by atoms with Crippen LogP contribution in [0.4, 0.5) is 5.82 Å². The van der Waals surface area contributed by atoms with Crippen LogP contribution in [0, 0.1) is 0 Å². The quantitative estimate of drug-likeness (QED) is 0.503. The number of carbonyl (C=O) groups excluding carboxylic acids is 1. The number of nitrogens with zero attached hydrogens (tertiary/aromatic N) is 3. The number of rotatable bonds is 7. The summed E-state index contributed by atoms with van der Waals surface area (Å²) in [7, 11) is 0. The van der Waals surface area contributed by atoms with E-state index in [-0.39, 0.29) is 12.1 Å². The lowest BCUT2D eigenvalue weighted by atomic mass is 10.1. The van der Waals surface area contributed by atoms with E-state index in [9.17, 15) is 4.79 Å². The van der Waals surface area contributed by atoms with Crippen LogP contribution in [-0.4, -0.2) is 48.1 Å². The second-order valence-electron chi connectivity index (χ2n) is 8.15. The van der Waals surface area contributed by atoms with Crippen molar-refractivity contribution in [1.82, 2.24) is 9.88 Å². The molecule has 0 saturated carbocycles. The van der Waals surface area contributed by atoms with E-state index in [0.717, 1.165) is 44.2 Å². The van der Waals surface area contributed by atoms with Crippen LogP contribution in [-0.2, 0) is 11.3 Å². The second-order valence-corrected chi connectivity index (χ2v) is 8.15. The molecular weight excluding hydrogens is 402 g/mol. The molecule has 0 spiro atoms. The van der Waals surface area contributed by atoms with Crippen molar-refractivity contribution in [2.75, 3.05) is 31.1 Å². The second kappa shape index (κ2) is 10.3. The third-order valence-corrected chi connectivity index (χ3v) is 5.33. The summed E-state index contributed by atoms with van der Waals surface area (Å²) in [6.45, 7) is 8.02. The molecule has 1 aliphatic heterocycles. The number of ether oxygens (including phenoxy) is 2. The van der Waals surface area contributed by atoms with E-state index < -0.39 is 0 Å². The molecule has 0 N–H and O–H groups in total. The number of benzene rings is 2. The number of anilines is 1. The molecule has 1 fully saturated rings. The van der Waals surface area contributed by atoms with Gasteiger partial charge in [0.1, 0.15) is 22.9 Å². The predicted molar refractivity (Wildman–Crippen MR) is 125 cm³/mol. The zero-order valence-corrected chi connectivity index (χ0v) is 18.6. The van der Waals surface area contributed by atoms with Gasteiger partial charge in [0.15, 0.2) is 0 Å². The highest BCUT2D eigenvalue weighted by Crippen LogP contribution is 2.23. The van der Waals surface area contributed by atoms with Gasteiger partial charge in [0.2, 0.25) is 0 Å². The Kier molecular flexibility index (Phi) is 7.02. The maximum atomic E-state index is 12.5. The molecule has 0 amide bonds. The highest BCUT2D eigenvalue weighted by atomic mass is 16.5. The Labute approximate surface area is 189 Å². The van der Waals surface area contributed by atoms with Crippen molar-refractivity contribution in [3.05, 3.63) is 84.1 Å². The fourth-order valence-corrected chi connectivity index (χ4v) is 3.75. The molecule has 6 heteroatoms. The normalized spacial score (nSPS) is 14.4. The lowest BCUT2D eigenvalue weighted by Crippen LogP contribution is -2.46. The molecule has 3 aromatic rings. The van der Waals surface area contributed by atoms with Crippen LogP contribution < -0.4 is 9.64 Å².